The van der Waals surface area contributed by atoms with Crippen LogP contribution in [0.3, 0.4) is 0 Å². The highest BCUT2D eigenvalue weighted by Gasteiger charge is 2.12. The number of halogens is 1. The molecule has 6 heteroatoms. The van der Waals surface area contributed by atoms with Crippen molar-refractivity contribution in [3.8, 4) is 17.6 Å². The van der Waals surface area contributed by atoms with E-state index in [0.717, 1.165) is 9.99 Å². The van der Waals surface area contributed by atoms with E-state index >= 15 is 0 Å². The number of nitrogens with zero attached hydrogens (tertiary/aromatic N) is 1. The van der Waals surface area contributed by atoms with Crippen molar-refractivity contribution in [1.29, 1.82) is 5.26 Å². The Morgan fingerprint density at radius 2 is 2.14 bits per heavy atom. The molecular formula is C15H17IN2O3. The normalized spacial score (nSPS) is 10.9. The molecule has 0 aliphatic rings. The van der Waals surface area contributed by atoms with Crippen LogP contribution in [-0.2, 0) is 4.79 Å². The van der Waals surface area contributed by atoms with Crippen LogP contribution < -0.4 is 15.2 Å². The summed E-state index contributed by atoms with van der Waals surface area (Å²) in [5, 5.41) is 8.89. The molecule has 0 bridgehead atoms. The van der Waals surface area contributed by atoms with Crippen LogP contribution in [0.15, 0.2) is 17.7 Å². The standard InChI is InChI=1S/C15H17IN2O3/c1-3-5-21-14-12(16)7-10(8-13(14)20-4-2)6-11(9-17)15(18)19/h6-8H,3-5H2,1-2H3,(H2,18,19)/b11-6+. The summed E-state index contributed by atoms with van der Waals surface area (Å²) >= 11 is 2.13. The van der Waals surface area contributed by atoms with Crippen molar-refractivity contribution in [3.63, 3.8) is 0 Å². The number of amides is 1. The SMILES string of the molecule is CCCOc1c(I)cc(/C=C(\C#N)C(N)=O)cc1OCC. The van der Waals surface area contributed by atoms with E-state index in [1.165, 1.54) is 6.08 Å². The van der Waals surface area contributed by atoms with Gasteiger partial charge in [-0.2, -0.15) is 5.26 Å². The van der Waals surface area contributed by atoms with Gasteiger partial charge in [0.25, 0.3) is 5.91 Å². The number of carbonyl (C=O) groups excluding carboxylic acids is 1. The van der Waals surface area contributed by atoms with E-state index in [9.17, 15) is 4.79 Å². The van der Waals surface area contributed by atoms with Crippen molar-refractivity contribution in [2.75, 3.05) is 13.2 Å². The number of nitrogens with two attached hydrogens (primary N) is 1. The molecule has 0 saturated carbocycles. The van der Waals surface area contributed by atoms with E-state index in [1.807, 2.05) is 19.9 Å². The summed E-state index contributed by atoms with van der Waals surface area (Å²) in [6, 6.07) is 5.33. The van der Waals surface area contributed by atoms with Crippen molar-refractivity contribution in [1.82, 2.24) is 0 Å². The number of benzene rings is 1. The minimum Gasteiger partial charge on any atom is -0.490 e. The lowest BCUT2D eigenvalue weighted by Crippen LogP contribution is -2.12. The Hall–Kier alpha value is -1.75. The summed E-state index contributed by atoms with van der Waals surface area (Å²) in [4.78, 5) is 11.1. The van der Waals surface area contributed by atoms with Gasteiger partial charge in [-0.3, -0.25) is 4.79 Å². The summed E-state index contributed by atoms with van der Waals surface area (Å²) in [6.07, 6.45) is 2.33. The summed E-state index contributed by atoms with van der Waals surface area (Å²) in [5.74, 6) is 0.511. The molecule has 0 unspecified atom stereocenters. The largest absolute Gasteiger partial charge is 0.490 e. The first-order chi connectivity index (χ1) is 10.0. The number of hydrogen-bond acceptors (Lipinski definition) is 4. The molecule has 0 aromatic heterocycles. The van der Waals surface area contributed by atoms with E-state index in [1.54, 1.807) is 12.1 Å². The Bertz CT molecular complexity index is 591. The number of primary amides is 1. The average molecular weight is 400 g/mol. The molecular weight excluding hydrogens is 383 g/mol. The molecule has 0 aliphatic carbocycles. The summed E-state index contributed by atoms with van der Waals surface area (Å²) in [7, 11) is 0. The highest BCUT2D eigenvalue weighted by molar-refractivity contribution is 14.1. The lowest BCUT2D eigenvalue weighted by Gasteiger charge is -2.14. The number of carbonyl (C=O) groups is 1. The molecule has 1 amide bonds. The molecule has 0 fully saturated rings. The minimum absolute atomic E-state index is 0.101. The van der Waals surface area contributed by atoms with Crippen LogP contribution in [0.5, 0.6) is 11.5 Å². The van der Waals surface area contributed by atoms with Gasteiger partial charge in [0.15, 0.2) is 11.5 Å². The minimum atomic E-state index is -0.753. The van der Waals surface area contributed by atoms with Gasteiger partial charge in [-0.15, -0.1) is 0 Å². The highest BCUT2D eigenvalue weighted by atomic mass is 127. The van der Waals surface area contributed by atoms with Crippen LogP contribution in [0.2, 0.25) is 0 Å². The maximum absolute atomic E-state index is 11.1. The Balaban J connectivity index is 3.26. The molecule has 0 radical (unpaired) electrons. The first-order valence-electron chi connectivity index (χ1n) is 6.54. The van der Waals surface area contributed by atoms with Gasteiger partial charge in [0.05, 0.1) is 16.8 Å². The predicted octanol–water partition coefficient (Wildman–Crippen LogP) is 2.87. The van der Waals surface area contributed by atoms with E-state index in [4.69, 9.17) is 20.5 Å². The lowest BCUT2D eigenvalue weighted by molar-refractivity contribution is -0.114. The molecule has 0 aliphatic heterocycles. The predicted molar refractivity (Wildman–Crippen MR) is 88.9 cm³/mol. The summed E-state index contributed by atoms with van der Waals surface area (Å²) < 4.78 is 12.1. The van der Waals surface area contributed by atoms with E-state index in [-0.39, 0.29) is 5.57 Å². The van der Waals surface area contributed by atoms with Crippen LogP contribution in [0.4, 0.5) is 0 Å². The van der Waals surface area contributed by atoms with Gasteiger partial charge in [0, 0.05) is 0 Å². The van der Waals surface area contributed by atoms with E-state index < -0.39 is 5.91 Å². The molecule has 5 nitrogen and oxygen atoms in total. The Kier molecular flexibility index (Phi) is 7.02. The molecule has 112 valence electrons. The van der Waals surface area contributed by atoms with Crippen LogP contribution in [0.1, 0.15) is 25.8 Å². The second-order valence-electron chi connectivity index (χ2n) is 4.15. The number of hydrogen-bond donors (Lipinski definition) is 1. The topological polar surface area (TPSA) is 85.3 Å². The molecule has 0 spiro atoms. The number of rotatable bonds is 7. The zero-order valence-corrected chi connectivity index (χ0v) is 14.1. The molecule has 0 saturated heterocycles. The highest BCUT2D eigenvalue weighted by Crippen LogP contribution is 2.35. The maximum atomic E-state index is 11.1. The third kappa shape index (κ3) is 4.93. The van der Waals surface area contributed by atoms with Gasteiger partial charge in [-0.05, 0) is 59.7 Å². The number of nitriles is 1. The van der Waals surface area contributed by atoms with Gasteiger partial charge in [-0.25, -0.2) is 0 Å². The molecule has 2 N–H and O–H groups in total. The third-order valence-corrected chi connectivity index (χ3v) is 3.28. The van der Waals surface area contributed by atoms with Gasteiger partial charge in [0.2, 0.25) is 0 Å². The molecule has 1 aromatic rings. The van der Waals surface area contributed by atoms with Crippen molar-refractivity contribution in [2.24, 2.45) is 5.73 Å². The van der Waals surface area contributed by atoms with Crippen molar-refractivity contribution in [2.45, 2.75) is 20.3 Å². The number of ether oxygens (including phenoxy) is 2. The van der Waals surface area contributed by atoms with Gasteiger partial charge in [0.1, 0.15) is 11.6 Å². The molecule has 21 heavy (non-hydrogen) atoms. The molecule has 0 atom stereocenters. The second kappa shape index (κ2) is 8.52. The van der Waals surface area contributed by atoms with Gasteiger partial charge < -0.3 is 15.2 Å². The smallest absolute Gasteiger partial charge is 0.259 e. The summed E-state index contributed by atoms with van der Waals surface area (Å²) in [5.41, 5.74) is 5.71. The molecule has 0 heterocycles. The Labute approximate surface area is 137 Å². The fraction of sp³-hybridized carbons (Fsp3) is 0.333. The zero-order chi connectivity index (χ0) is 15.8. The zero-order valence-electron chi connectivity index (χ0n) is 12.0. The molecule has 1 rings (SSSR count). The monoisotopic (exact) mass is 400 g/mol. The van der Waals surface area contributed by atoms with Crippen molar-refractivity contribution < 1.29 is 14.3 Å². The quantitative estimate of drug-likeness (QED) is 0.433. The van der Waals surface area contributed by atoms with Gasteiger partial charge >= 0.3 is 0 Å². The lowest BCUT2D eigenvalue weighted by atomic mass is 10.1. The first kappa shape index (κ1) is 17.3. The van der Waals surface area contributed by atoms with Crippen molar-refractivity contribution >= 4 is 34.6 Å². The Morgan fingerprint density at radius 1 is 1.43 bits per heavy atom. The fourth-order valence-corrected chi connectivity index (χ4v) is 2.38. The maximum Gasteiger partial charge on any atom is 0.259 e. The van der Waals surface area contributed by atoms with E-state index in [2.05, 4.69) is 22.6 Å². The average Bonchev–Trinajstić information content (AvgIpc) is 2.44. The molecule has 1 aromatic carbocycles. The summed E-state index contributed by atoms with van der Waals surface area (Å²) in [6.45, 7) is 4.99. The van der Waals surface area contributed by atoms with E-state index in [0.29, 0.717) is 30.3 Å². The van der Waals surface area contributed by atoms with Crippen LogP contribution >= 0.6 is 22.6 Å². The Morgan fingerprint density at radius 3 is 2.67 bits per heavy atom. The fourth-order valence-electron chi connectivity index (χ4n) is 1.60. The van der Waals surface area contributed by atoms with Crippen LogP contribution in [-0.4, -0.2) is 19.1 Å². The second-order valence-corrected chi connectivity index (χ2v) is 5.31. The van der Waals surface area contributed by atoms with Crippen LogP contribution in [0, 0.1) is 14.9 Å². The third-order valence-electron chi connectivity index (χ3n) is 2.48. The first-order valence-corrected chi connectivity index (χ1v) is 7.62. The van der Waals surface area contributed by atoms with Crippen molar-refractivity contribution in [3.05, 3.63) is 26.8 Å². The van der Waals surface area contributed by atoms with Gasteiger partial charge in [-0.1, -0.05) is 6.92 Å². The van der Waals surface area contributed by atoms with Crippen LogP contribution in [0.25, 0.3) is 6.08 Å².